The molecular weight excluding hydrogens is 166 g/mol. The third-order valence-electron chi connectivity index (χ3n) is 1.97. The van der Waals surface area contributed by atoms with Gasteiger partial charge in [0.2, 0.25) is 0 Å². The number of hydrogen-bond donors (Lipinski definition) is 1. The fourth-order valence-electron chi connectivity index (χ4n) is 0.892. The fourth-order valence-corrected chi connectivity index (χ4v) is 0.892. The number of hydrogen-bond acceptors (Lipinski definition) is 3. The molecule has 0 rings (SSSR count). The molecule has 0 aromatic rings. The zero-order chi connectivity index (χ0) is 10.5. The van der Waals surface area contributed by atoms with Crippen LogP contribution in [0.5, 0.6) is 0 Å². The van der Waals surface area contributed by atoms with Crippen molar-refractivity contribution in [2.24, 2.45) is 5.41 Å². The molecule has 0 bridgehead atoms. The first-order valence-corrected chi connectivity index (χ1v) is 4.64. The summed E-state index contributed by atoms with van der Waals surface area (Å²) in [6.45, 7) is 10.2. The van der Waals surface area contributed by atoms with E-state index in [9.17, 15) is 0 Å². The Bertz CT molecular complexity index is 136. The van der Waals surface area contributed by atoms with Crippen LogP contribution < -0.4 is 5.32 Å². The number of rotatable bonds is 5. The molecule has 0 unspecified atom stereocenters. The lowest BCUT2D eigenvalue weighted by Gasteiger charge is -2.28. The van der Waals surface area contributed by atoms with E-state index in [1.54, 1.807) is 14.2 Å². The van der Waals surface area contributed by atoms with Crippen molar-refractivity contribution in [3.8, 4) is 0 Å². The molecule has 0 aliphatic carbocycles. The second-order valence-electron chi connectivity index (χ2n) is 4.71. The van der Waals surface area contributed by atoms with E-state index in [0.29, 0.717) is 12.0 Å². The summed E-state index contributed by atoms with van der Waals surface area (Å²) in [5.41, 5.74) is 0.294. The van der Waals surface area contributed by atoms with Gasteiger partial charge in [-0.25, -0.2) is 0 Å². The Hall–Kier alpha value is -0.120. The summed E-state index contributed by atoms with van der Waals surface area (Å²) in [7, 11) is 3.31. The Morgan fingerprint density at radius 1 is 0.923 bits per heavy atom. The van der Waals surface area contributed by atoms with Gasteiger partial charge >= 0.3 is 0 Å². The zero-order valence-electron chi connectivity index (χ0n) is 9.73. The minimum Gasteiger partial charge on any atom is -0.352 e. The second kappa shape index (κ2) is 4.94. The molecule has 3 heteroatoms. The quantitative estimate of drug-likeness (QED) is 0.667. The van der Waals surface area contributed by atoms with E-state index in [1.165, 1.54) is 0 Å². The molecule has 0 heterocycles. The van der Waals surface area contributed by atoms with Crippen molar-refractivity contribution >= 4 is 0 Å². The predicted octanol–water partition coefficient (Wildman–Crippen LogP) is 1.63. The van der Waals surface area contributed by atoms with E-state index in [1.807, 2.05) is 6.92 Å². The maximum Gasteiger partial charge on any atom is 0.177 e. The van der Waals surface area contributed by atoms with Crippen molar-refractivity contribution in [1.29, 1.82) is 0 Å². The SMILES string of the molecule is COC(C)(CNCC(C)(C)C)OC. The molecule has 0 spiro atoms. The molecule has 0 aromatic carbocycles. The minimum absolute atomic E-state index is 0.294. The van der Waals surface area contributed by atoms with Crippen molar-refractivity contribution in [2.75, 3.05) is 27.3 Å². The van der Waals surface area contributed by atoms with Gasteiger partial charge in [0.05, 0.1) is 0 Å². The molecule has 3 nitrogen and oxygen atoms in total. The van der Waals surface area contributed by atoms with E-state index in [2.05, 4.69) is 26.1 Å². The van der Waals surface area contributed by atoms with Gasteiger partial charge in [0.1, 0.15) is 0 Å². The molecule has 0 amide bonds. The van der Waals surface area contributed by atoms with Crippen LogP contribution in [-0.2, 0) is 9.47 Å². The van der Waals surface area contributed by atoms with Gasteiger partial charge in [-0.2, -0.15) is 0 Å². The molecule has 0 radical (unpaired) electrons. The zero-order valence-corrected chi connectivity index (χ0v) is 9.73. The highest BCUT2D eigenvalue weighted by Gasteiger charge is 2.22. The van der Waals surface area contributed by atoms with Crippen LogP contribution in [0.25, 0.3) is 0 Å². The third-order valence-corrected chi connectivity index (χ3v) is 1.97. The van der Waals surface area contributed by atoms with Crippen LogP contribution in [0.4, 0.5) is 0 Å². The molecule has 0 saturated heterocycles. The lowest BCUT2D eigenvalue weighted by molar-refractivity contribution is -0.189. The second-order valence-corrected chi connectivity index (χ2v) is 4.71. The summed E-state index contributed by atoms with van der Waals surface area (Å²) in [6.07, 6.45) is 0. The van der Waals surface area contributed by atoms with Crippen LogP contribution in [0.2, 0.25) is 0 Å². The number of methoxy groups -OCH3 is 2. The topological polar surface area (TPSA) is 30.5 Å². The number of ether oxygens (including phenoxy) is 2. The Morgan fingerprint density at radius 2 is 1.38 bits per heavy atom. The fraction of sp³-hybridized carbons (Fsp3) is 1.00. The molecule has 0 atom stereocenters. The molecule has 0 fully saturated rings. The Morgan fingerprint density at radius 3 is 1.69 bits per heavy atom. The van der Waals surface area contributed by atoms with Crippen molar-refractivity contribution in [3.05, 3.63) is 0 Å². The van der Waals surface area contributed by atoms with Gasteiger partial charge in [-0.3, -0.25) is 0 Å². The summed E-state index contributed by atoms with van der Waals surface area (Å²) in [5.74, 6) is -0.509. The van der Waals surface area contributed by atoms with E-state index >= 15 is 0 Å². The normalized spacial score (nSPS) is 13.4. The summed E-state index contributed by atoms with van der Waals surface area (Å²) in [4.78, 5) is 0. The highest BCUT2D eigenvalue weighted by atomic mass is 16.7. The first kappa shape index (κ1) is 12.9. The molecule has 0 aromatic heterocycles. The highest BCUT2D eigenvalue weighted by Crippen LogP contribution is 2.12. The molecule has 80 valence electrons. The van der Waals surface area contributed by atoms with Crippen molar-refractivity contribution in [2.45, 2.75) is 33.5 Å². The Labute approximate surface area is 81.8 Å². The van der Waals surface area contributed by atoms with Crippen LogP contribution in [0.15, 0.2) is 0 Å². The maximum atomic E-state index is 5.22. The summed E-state index contributed by atoms with van der Waals surface area (Å²) in [6, 6.07) is 0. The highest BCUT2D eigenvalue weighted by molar-refractivity contribution is 4.70. The van der Waals surface area contributed by atoms with Gasteiger partial charge in [-0.15, -0.1) is 0 Å². The van der Waals surface area contributed by atoms with Gasteiger partial charge in [0.15, 0.2) is 5.79 Å². The molecule has 0 aliphatic rings. The van der Waals surface area contributed by atoms with Gasteiger partial charge < -0.3 is 14.8 Å². The standard InChI is InChI=1S/C10H23NO2/c1-9(2,3)7-11-8-10(4,12-5)13-6/h11H,7-8H2,1-6H3. The van der Waals surface area contributed by atoms with Crippen molar-refractivity contribution < 1.29 is 9.47 Å². The Kier molecular flexibility index (Phi) is 4.89. The van der Waals surface area contributed by atoms with E-state index in [0.717, 1.165) is 6.54 Å². The van der Waals surface area contributed by atoms with Crippen LogP contribution >= 0.6 is 0 Å². The average Bonchev–Trinajstić information content (AvgIpc) is 2.02. The summed E-state index contributed by atoms with van der Waals surface area (Å²) >= 11 is 0. The molecular formula is C10H23NO2. The van der Waals surface area contributed by atoms with Crippen molar-refractivity contribution in [1.82, 2.24) is 5.32 Å². The average molecular weight is 189 g/mol. The van der Waals surface area contributed by atoms with Crippen LogP contribution in [0.3, 0.4) is 0 Å². The first-order chi connectivity index (χ1) is 5.83. The monoisotopic (exact) mass is 189 g/mol. The summed E-state index contributed by atoms with van der Waals surface area (Å²) < 4.78 is 10.4. The van der Waals surface area contributed by atoms with Gasteiger partial charge in [-0.1, -0.05) is 20.8 Å². The predicted molar refractivity (Wildman–Crippen MR) is 54.7 cm³/mol. The van der Waals surface area contributed by atoms with Gasteiger partial charge in [-0.05, 0) is 12.3 Å². The molecule has 0 saturated carbocycles. The lowest BCUT2D eigenvalue weighted by atomic mass is 9.97. The van der Waals surface area contributed by atoms with E-state index < -0.39 is 5.79 Å². The smallest absolute Gasteiger partial charge is 0.177 e. The van der Waals surface area contributed by atoms with E-state index in [4.69, 9.17) is 9.47 Å². The molecule has 1 N–H and O–H groups in total. The molecule has 13 heavy (non-hydrogen) atoms. The molecule has 0 aliphatic heterocycles. The van der Waals surface area contributed by atoms with Crippen LogP contribution in [-0.4, -0.2) is 33.1 Å². The van der Waals surface area contributed by atoms with Gasteiger partial charge in [0, 0.05) is 27.3 Å². The van der Waals surface area contributed by atoms with E-state index in [-0.39, 0.29) is 0 Å². The first-order valence-electron chi connectivity index (χ1n) is 4.64. The summed E-state index contributed by atoms with van der Waals surface area (Å²) in [5, 5.41) is 3.32. The van der Waals surface area contributed by atoms with Gasteiger partial charge in [0.25, 0.3) is 0 Å². The maximum absolute atomic E-state index is 5.22. The largest absolute Gasteiger partial charge is 0.352 e. The number of nitrogens with one attached hydrogen (secondary N) is 1. The van der Waals surface area contributed by atoms with Crippen LogP contribution in [0, 0.1) is 5.41 Å². The van der Waals surface area contributed by atoms with Crippen LogP contribution in [0.1, 0.15) is 27.7 Å². The minimum atomic E-state index is -0.509. The lowest BCUT2D eigenvalue weighted by Crippen LogP contribution is -2.43. The Balaban J connectivity index is 3.74. The van der Waals surface area contributed by atoms with Crippen molar-refractivity contribution in [3.63, 3.8) is 0 Å². The third kappa shape index (κ3) is 6.02.